The lowest BCUT2D eigenvalue weighted by Crippen LogP contribution is -2.27. The highest BCUT2D eigenvalue weighted by atomic mass is 16.6. The summed E-state index contributed by atoms with van der Waals surface area (Å²) in [5, 5.41) is 5.65. The monoisotopic (exact) mass is 548 g/mol. The molecule has 0 aliphatic carbocycles. The summed E-state index contributed by atoms with van der Waals surface area (Å²) in [5.41, 5.74) is 0. The lowest BCUT2D eigenvalue weighted by Gasteiger charge is -2.09. The van der Waals surface area contributed by atoms with Gasteiger partial charge in [-0.2, -0.15) is 0 Å². The van der Waals surface area contributed by atoms with Crippen molar-refractivity contribution >= 4 is 17.6 Å². The van der Waals surface area contributed by atoms with Gasteiger partial charge in [-0.1, -0.05) is 20.8 Å². The zero-order valence-corrected chi connectivity index (χ0v) is 23.9. The first-order valence-corrected chi connectivity index (χ1v) is 14.0. The number of nitrogens with one attached hydrogen (secondary N) is 2. The van der Waals surface area contributed by atoms with E-state index >= 15 is 0 Å². The van der Waals surface area contributed by atoms with Crippen LogP contribution in [0.2, 0.25) is 0 Å². The van der Waals surface area contributed by atoms with Gasteiger partial charge in [-0.15, -0.1) is 0 Å². The van der Waals surface area contributed by atoms with E-state index in [0.717, 1.165) is 6.42 Å². The zero-order chi connectivity index (χ0) is 28.1. The van der Waals surface area contributed by atoms with E-state index in [1.807, 2.05) is 6.92 Å². The predicted octanol–water partition coefficient (Wildman–Crippen LogP) is 1.90. The fourth-order valence-electron chi connectivity index (χ4n) is 2.93. The van der Waals surface area contributed by atoms with Crippen LogP contribution in [0.25, 0.3) is 0 Å². The second-order valence-electron chi connectivity index (χ2n) is 9.05. The molecule has 0 aliphatic rings. The molecule has 11 nitrogen and oxygen atoms in total. The van der Waals surface area contributed by atoms with Crippen LogP contribution in [0.4, 0.5) is 0 Å². The van der Waals surface area contributed by atoms with Crippen LogP contribution in [0, 0.1) is 5.92 Å². The van der Waals surface area contributed by atoms with Gasteiger partial charge in [0.25, 0.3) is 0 Å². The number of hydrogen-bond acceptors (Lipinski definition) is 9. The van der Waals surface area contributed by atoms with Crippen molar-refractivity contribution in [1.29, 1.82) is 0 Å². The fraction of sp³-hybridized carbons (Fsp3) is 0.889. The summed E-state index contributed by atoms with van der Waals surface area (Å²) in [6.45, 7) is 12.7. The van der Waals surface area contributed by atoms with Crippen molar-refractivity contribution in [2.75, 3.05) is 92.4 Å². The molecule has 0 rings (SSSR count). The van der Waals surface area contributed by atoms with Crippen molar-refractivity contribution < 1.29 is 42.8 Å². The molecule has 0 saturated carbocycles. The van der Waals surface area contributed by atoms with Gasteiger partial charge in [-0.25, -0.2) is 0 Å². The van der Waals surface area contributed by atoms with E-state index in [1.165, 1.54) is 0 Å². The molecule has 0 saturated heterocycles. The Bertz CT molecular complexity index is 577. The molecule has 38 heavy (non-hydrogen) atoms. The third-order valence-corrected chi connectivity index (χ3v) is 5.20. The summed E-state index contributed by atoms with van der Waals surface area (Å²) >= 11 is 0. The summed E-state index contributed by atoms with van der Waals surface area (Å²) < 4.78 is 32.5. The smallest absolute Gasteiger partial charge is 0.222 e. The van der Waals surface area contributed by atoms with Gasteiger partial charge in [0.1, 0.15) is 5.78 Å². The van der Waals surface area contributed by atoms with Crippen molar-refractivity contribution in [3.05, 3.63) is 0 Å². The standard InChI is InChI=1S/C27H52N2O9/c1-4-25(30)6-5-7-26(31)29-11-13-34-15-17-36-19-21-38-23-22-37-20-18-35-16-14-33-12-9-27(32)28-10-8-24(2)3/h24H,4-23H2,1-3H3,(H,28,32)(H,29,31). The lowest BCUT2D eigenvalue weighted by atomic mass is 10.1. The molecule has 0 spiro atoms. The number of hydrogen-bond donors (Lipinski definition) is 2. The normalized spacial score (nSPS) is 11.2. The highest BCUT2D eigenvalue weighted by molar-refractivity contribution is 5.80. The predicted molar refractivity (Wildman–Crippen MR) is 144 cm³/mol. The van der Waals surface area contributed by atoms with E-state index < -0.39 is 0 Å². The minimum atomic E-state index is -0.0568. The van der Waals surface area contributed by atoms with E-state index in [1.54, 1.807) is 0 Å². The van der Waals surface area contributed by atoms with Crippen molar-refractivity contribution in [3.8, 4) is 0 Å². The van der Waals surface area contributed by atoms with Crippen LogP contribution in [0.3, 0.4) is 0 Å². The first kappa shape index (κ1) is 36.4. The van der Waals surface area contributed by atoms with Gasteiger partial charge in [0.2, 0.25) is 11.8 Å². The minimum absolute atomic E-state index is 0.0203. The fourth-order valence-corrected chi connectivity index (χ4v) is 2.93. The van der Waals surface area contributed by atoms with Gasteiger partial charge >= 0.3 is 0 Å². The molecule has 2 N–H and O–H groups in total. The van der Waals surface area contributed by atoms with Gasteiger partial charge in [0.15, 0.2) is 0 Å². The average Bonchev–Trinajstić information content (AvgIpc) is 2.89. The first-order chi connectivity index (χ1) is 18.5. The van der Waals surface area contributed by atoms with Crippen LogP contribution in [-0.2, 0) is 42.8 Å². The Kier molecular flexibility index (Phi) is 27.2. The van der Waals surface area contributed by atoms with E-state index in [9.17, 15) is 14.4 Å². The summed E-state index contributed by atoms with van der Waals surface area (Å²) in [5.74, 6) is 0.733. The quantitative estimate of drug-likeness (QED) is 0.135. The largest absolute Gasteiger partial charge is 0.379 e. The lowest BCUT2D eigenvalue weighted by molar-refractivity contribution is -0.123. The van der Waals surface area contributed by atoms with Crippen molar-refractivity contribution in [2.24, 2.45) is 5.92 Å². The van der Waals surface area contributed by atoms with Crippen LogP contribution >= 0.6 is 0 Å². The molecule has 0 bridgehead atoms. The molecule has 0 aromatic rings. The minimum Gasteiger partial charge on any atom is -0.379 e. The number of ether oxygens (including phenoxy) is 6. The van der Waals surface area contributed by atoms with Crippen LogP contribution in [0.5, 0.6) is 0 Å². The molecule has 2 amide bonds. The van der Waals surface area contributed by atoms with Crippen LogP contribution in [0.1, 0.15) is 59.3 Å². The van der Waals surface area contributed by atoms with Crippen LogP contribution in [-0.4, -0.2) is 110 Å². The Morgan fingerprint density at radius 3 is 1.45 bits per heavy atom. The molecule has 0 aliphatic heterocycles. The molecule has 0 atom stereocenters. The number of carbonyl (C=O) groups is 3. The van der Waals surface area contributed by atoms with Crippen molar-refractivity contribution in [3.63, 3.8) is 0 Å². The van der Waals surface area contributed by atoms with E-state index in [0.29, 0.717) is 130 Å². The van der Waals surface area contributed by atoms with E-state index in [4.69, 9.17) is 28.4 Å². The van der Waals surface area contributed by atoms with Gasteiger partial charge in [-0.3, -0.25) is 14.4 Å². The third-order valence-electron chi connectivity index (χ3n) is 5.20. The molecule has 0 unspecified atom stereocenters. The Hall–Kier alpha value is -1.63. The number of amides is 2. The van der Waals surface area contributed by atoms with Gasteiger partial charge in [-0.05, 0) is 18.8 Å². The van der Waals surface area contributed by atoms with Crippen molar-refractivity contribution in [2.45, 2.75) is 59.3 Å². The summed E-state index contributed by atoms with van der Waals surface area (Å²) in [6.07, 6.45) is 3.29. The van der Waals surface area contributed by atoms with E-state index in [2.05, 4.69) is 24.5 Å². The molecular formula is C27H52N2O9. The summed E-state index contributed by atoms with van der Waals surface area (Å²) in [4.78, 5) is 34.4. The number of Topliss-reactive ketones (excluding diaryl/α,β-unsaturated/α-hetero) is 1. The number of carbonyl (C=O) groups excluding carboxylic acids is 3. The highest BCUT2D eigenvalue weighted by Crippen LogP contribution is 1.99. The zero-order valence-electron chi connectivity index (χ0n) is 23.9. The second-order valence-corrected chi connectivity index (χ2v) is 9.05. The number of rotatable bonds is 29. The maximum Gasteiger partial charge on any atom is 0.222 e. The maximum atomic E-state index is 11.6. The Balaban J connectivity index is 3.18. The molecule has 0 heterocycles. The summed E-state index contributed by atoms with van der Waals surface area (Å²) in [6, 6.07) is 0. The van der Waals surface area contributed by atoms with Crippen molar-refractivity contribution in [1.82, 2.24) is 10.6 Å². The molecule has 0 aromatic heterocycles. The molecule has 224 valence electrons. The Labute approximate surface area is 228 Å². The van der Waals surface area contributed by atoms with Crippen LogP contribution in [0.15, 0.2) is 0 Å². The van der Waals surface area contributed by atoms with E-state index in [-0.39, 0.29) is 17.6 Å². The highest BCUT2D eigenvalue weighted by Gasteiger charge is 2.04. The second kappa shape index (κ2) is 28.4. The Morgan fingerprint density at radius 1 is 0.553 bits per heavy atom. The topological polar surface area (TPSA) is 131 Å². The molecule has 0 radical (unpaired) electrons. The molecular weight excluding hydrogens is 496 g/mol. The Morgan fingerprint density at radius 2 is 0.974 bits per heavy atom. The average molecular weight is 549 g/mol. The molecule has 11 heteroatoms. The molecule has 0 aromatic carbocycles. The third kappa shape index (κ3) is 28.9. The van der Waals surface area contributed by atoms with Gasteiger partial charge in [0.05, 0.1) is 79.3 Å². The first-order valence-electron chi connectivity index (χ1n) is 14.0. The summed E-state index contributed by atoms with van der Waals surface area (Å²) in [7, 11) is 0. The van der Waals surface area contributed by atoms with Crippen LogP contribution < -0.4 is 10.6 Å². The maximum absolute atomic E-state index is 11.6. The van der Waals surface area contributed by atoms with Gasteiger partial charge < -0.3 is 39.1 Å². The molecule has 0 fully saturated rings. The SMILES string of the molecule is CCC(=O)CCCC(=O)NCCOCCOCCOCCOCCOCCOCCC(=O)NCCC(C)C. The van der Waals surface area contributed by atoms with Gasteiger partial charge in [0, 0.05) is 38.8 Å². The number of ketones is 1.